The highest BCUT2D eigenvalue weighted by molar-refractivity contribution is 7.91. The first-order chi connectivity index (χ1) is 28.3. The molecule has 0 spiro atoms. The second-order valence-corrected chi connectivity index (χ2v) is 17.8. The number of sulfone groups is 1. The Morgan fingerprint density at radius 3 is 2.12 bits per heavy atom. The van der Waals surface area contributed by atoms with Gasteiger partial charge < -0.3 is 36.9 Å². The van der Waals surface area contributed by atoms with Gasteiger partial charge in [0.2, 0.25) is 11.8 Å². The van der Waals surface area contributed by atoms with E-state index < -0.39 is 57.1 Å². The van der Waals surface area contributed by atoms with Crippen molar-refractivity contribution in [3.8, 4) is 28.7 Å². The quantitative estimate of drug-likeness (QED) is 0.107. The molecule has 326 valence electrons. The number of unbranched alkanes of at least 4 members (excludes halogenated alkanes) is 7. The van der Waals surface area contributed by atoms with E-state index >= 15 is 0 Å². The third-order valence-electron chi connectivity index (χ3n) is 10.7. The Morgan fingerprint density at radius 1 is 0.898 bits per heavy atom. The summed E-state index contributed by atoms with van der Waals surface area (Å²) in [7, 11) is -2.18. The Bertz CT molecular complexity index is 1850. The predicted molar refractivity (Wildman–Crippen MR) is 229 cm³/mol. The maximum Gasteiger partial charge on any atom is 0.227 e. The van der Waals surface area contributed by atoms with Crippen LogP contribution in [0.2, 0.25) is 0 Å². The zero-order valence-electron chi connectivity index (χ0n) is 35.2. The summed E-state index contributed by atoms with van der Waals surface area (Å²) in [5.41, 5.74) is 19.7. The van der Waals surface area contributed by atoms with Crippen LogP contribution in [0.4, 0.5) is 0 Å². The molecule has 0 aromatic heterocycles. The molecular weight excluding hydrogens is 773 g/mol. The lowest BCUT2D eigenvalue weighted by Crippen LogP contribution is -2.46. The monoisotopic (exact) mass is 838 g/mol. The molecule has 4 atom stereocenters. The van der Waals surface area contributed by atoms with Crippen molar-refractivity contribution in [3.05, 3.63) is 47.5 Å². The SMILES string of the molecule is CCCCCCCCCCS(=O)(=O)C[C@@H](CCN)C(=O)N(C)[C@@H]1C(=O)C[C@@H](C)C(=O)N[C@H](C(=O)CCC#N)Cc2ccc(OCCN)c(c2)-c2cc1ccc2OCCN. The Morgan fingerprint density at radius 2 is 1.51 bits per heavy atom. The molecule has 0 saturated heterocycles. The number of carbonyl (C=O) groups is 4. The molecule has 4 bridgehead atoms. The standard InChI is InChI=1S/C44H66N6O8S/c1-4-5-6-7-8-9-10-11-25-59(55,56)30-34(18-20-46)44(54)50(3)42-33-15-17-41(58-24-22-48)36(29-33)35-27-32(14-16-40(35)57-23-21-47)28-37(38(51)13-12-19-45)49-43(53)31(2)26-39(42)52/h14-17,27,29,31,34,37,42H,4-13,18,20-26,28,30,46-48H2,1-3H3,(H,49,53)/t31-,34-,37+,42+/m1/s1. The predicted octanol–water partition coefficient (Wildman–Crippen LogP) is 4.56. The summed E-state index contributed by atoms with van der Waals surface area (Å²) >= 11 is 0. The zero-order chi connectivity index (χ0) is 43.4. The van der Waals surface area contributed by atoms with Crippen molar-refractivity contribution in [2.75, 3.05) is 51.4 Å². The van der Waals surface area contributed by atoms with Crippen molar-refractivity contribution in [3.63, 3.8) is 0 Å². The fraction of sp³-hybridized carbons (Fsp3) is 0.614. The third kappa shape index (κ3) is 15.3. The van der Waals surface area contributed by atoms with E-state index in [2.05, 4.69) is 12.2 Å². The summed E-state index contributed by atoms with van der Waals surface area (Å²) in [6.07, 6.45) is 7.75. The van der Waals surface area contributed by atoms with E-state index in [1.165, 1.54) is 24.8 Å². The molecule has 0 radical (unpaired) electrons. The van der Waals surface area contributed by atoms with Crippen molar-refractivity contribution in [2.45, 2.75) is 109 Å². The molecule has 1 aliphatic heterocycles. The topological polar surface area (TPSA) is 238 Å². The largest absolute Gasteiger partial charge is 0.492 e. The van der Waals surface area contributed by atoms with Gasteiger partial charge >= 0.3 is 0 Å². The van der Waals surface area contributed by atoms with E-state index in [4.69, 9.17) is 26.7 Å². The van der Waals surface area contributed by atoms with Crippen LogP contribution in [-0.2, 0) is 35.4 Å². The summed E-state index contributed by atoms with van der Waals surface area (Å²) in [5.74, 6) is -3.44. The van der Waals surface area contributed by atoms with Crippen molar-refractivity contribution in [1.82, 2.24) is 10.2 Å². The number of benzene rings is 2. The van der Waals surface area contributed by atoms with Gasteiger partial charge in [-0.25, -0.2) is 8.42 Å². The number of amides is 2. The van der Waals surface area contributed by atoms with Crippen LogP contribution in [0.25, 0.3) is 11.1 Å². The number of ketones is 2. The molecule has 1 aliphatic rings. The lowest BCUT2D eigenvalue weighted by molar-refractivity contribution is -0.142. The first-order valence-corrected chi connectivity index (χ1v) is 23.0. The fourth-order valence-corrected chi connectivity index (χ4v) is 9.19. The second kappa shape index (κ2) is 25.3. The minimum atomic E-state index is -3.65. The zero-order valence-corrected chi connectivity index (χ0v) is 36.0. The fourth-order valence-electron chi connectivity index (χ4n) is 7.45. The third-order valence-corrected chi connectivity index (χ3v) is 12.5. The van der Waals surface area contributed by atoms with Gasteiger partial charge in [0.1, 0.15) is 30.8 Å². The summed E-state index contributed by atoms with van der Waals surface area (Å²) in [4.78, 5) is 57.3. The molecule has 1 heterocycles. The van der Waals surface area contributed by atoms with Crippen LogP contribution in [0, 0.1) is 23.2 Å². The molecule has 15 heteroatoms. The van der Waals surface area contributed by atoms with Crippen LogP contribution in [0.1, 0.15) is 108 Å². The highest BCUT2D eigenvalue weighted by Crippen LogP contribution is 2.41. The molecule has 3 rings (SSSR count). The first kappa shape index (κ1) is 49.0. The van der Waals surface area contributed by atoms with Gasteiger partial charge in [-0.1, -0.05) is 70.9 Å². The molecule has 2 aromatic carbocycles. The number of hydrogen-bond donors (Lipinski definition) is 4. The minimum absolute atomic E-state index is 0.0291. The average Bonchev–Trinajstić information content (AvgIpc) is 3.21. The van der Waals surface area contributed by atoms with Gasteiger partial charge in [0.25, 0.3) is 0 Å². The Kier molecular flexibility index (Phi) is 21.0. The number of nitriles is 1. The van der Waals surface area contributed by atoms with Gasteiger partial charge in [-0.3, -0.25) is 19.2 Å². The van der Waals surface area contributed by atoms with E-state index in [1.54, 1.807) is 37.3 Å². The number of fused-ring (bicyclic) bond motifs is 5. The van der Waals surface area contributed by atoms with Crippen molar-refractivity contribution in [2.24, 2.45) is 29.0 Å². The first-order valence-electron chi connectivity index (χ1n) is 21.1. The van der Waals surface area contributed by atoms with Gasteiger partial charge in [0.05, 0.1) is 29.5 Å². The maximum absolute atomic E-state index is 14.5. The van der Waals surface area contributed by atoms with Gasteiger partial charge in [-0.15, -0.1) is 0 Å². The Labute approximate surface area is 350 Å². The number of carbonyl (C=O) groups excluding carboxylic acids is 4. The lowest BCUT2D eigenvalue weighted by atomic mass is 9.89. The molecule has 0 fully saturated rings. The highest BCUT2D eigenvalue weighted by Gasteiger charge is 2.36. The van der Waals surface area contributed by atoms with E-state index in [9.17, 15) is 32.9 Å². The van der Waals surface area contributed by atoms with Crippen LogP contribution in [0.5, 0.6) is 11.5 Å². The summed E-state index contributed by atoms with van der Waals surface area (Å²) in [6.45, 7) is 4.57. The lowest BCUT2D eigenvalue weighted by Gasteiger charge is -2.32. The summed E-state index contributed by atoms with van der Waals surface area (Å²) in [6, 6.07) is 10.1. The van der Waals surface area contributed by atoms with Crippen molar-refractivity contribution >= 4 is 33.2 Å². The van der Waals surface area contributed by atoms with Crippen LogP contribution in [0.3, 0.4) is 0 Å². The van der Waals surface area contributed by atoms with Crippen molar-refractivity contribution < 1.29 is 37.1 Å². The number of nitrogens with one attached hydrogen (secondary N) is 1. The van der Waals surface area contributed by atoms with Crippen LogP contribution in [-0.4, -0.2) is 94.1 Å². The Hall–Kier alpha value is -4.36. The number of likely N-dealkylation sites (N-methyl/N-ethyl adjacent to an activating group) is 1. The molecule has 2 amide bonds. The van der Waals surface area contributed by atoms with Crippen LogP contribution in [0.15, 0.2) is 36.4 Å². The number of rotatable bonds is 24. The van der Waals surface area contributed by atoms with Crippen LogP contribution < -0.4 is 32.0 Å². The number of hydrogen-bond acceptors (Lipinski definition) is 12. The maximum atomic E-state index is 14.5. The molecule has 0 aliphatic carbocycles. The van der Waals surface area contributed by atoms with E-state index in [1.807, 2.05) is 12.1 Å². The van der Waals surface area contributed by atoms with Crippen molar-refractivity contribution in [1.29, 1.82) is 5.26 Å². The van der Waals surface area contributed by atoms with Gasteiger partial charge in [0.15, 0.2) is 21.4 Å². The van der Waals surface area contributed by atoms with Crippen LogP contribution >= 0.6 is 0 Å². The van der Waals surface area contributed by atoms with E-state index in [-0.39, 0.29) is 76.5 Å². The number of Topliss-reactive ketones (excluding diaryl/α,β-unsaturated/α-hetero) is 2. The number of ether oxygens (including phenoxy) is 2. The molecule has 14 nitrogen and oxygen atoms in total. The Balaban J connectivity index is 2.11. The average molecular weight is 839 g/mol. The second-order valence-electron chi connectivity index (χ2n) is 15.5. The summed E-state index contributed by atoms with van der Waals surface area (Å²) < 4.78 is 39.0. The van der Waals surface area contributed by atoms with E-state index in [0.717, 1.165) is 32.1 Å². The van der Waals surface area contributed by atoms with Gasteiger partial charge in [-0.05, 0) is 61.2 Å². The summed E-state index contributed by atoms with van der Waals surface area (Å²) in [5, 5.41) is 12.0. The molecule has 7 N–H and O–H groups in total. The highest BCUT2D eigenvalue weighted by atomic mass is 32.2. The minimum Gasteiger partial charge on any atom is -0.492 e. The number of nitrogens with two attached hydrogens (primary N) is 3. The smallest absolute Gasteiger partial charge is 0.227 e. The molecule has 0 unspecified atom stereocenters. The molecule has 2 aromatic rings. The van der Waals surface area contributed by atoms with Gasteiger partial charge in [-0.2, -0.15) is 5.26 Å². The molecule has 0 saturated carbocycles. The molecule has 59 heavy (non-hydrogen) atoms. The normalized spacial score (nSPS) is 17.6. The number of nitrogens with zero attached hydrogens (tertiary/aromatic N) is 2. The van der Waals surface area contributed by atoms with Gasteiger partial charge in [0, 0.05) is 56.4 Å². The molecular formula is C44H66N6O8S. The van der Waals surface area contributed by atoms with E-state index in [0.29, 0.717) is 40.2 Å².